The Morgan fingerprint density at radius 3 is 2.54 bits per heavy atom. The number of hydrogen-bond donors (Lipinski definition) is 1. The molecule has 0 bridgehead atoms. The highest BCUT2D eigenvalue weighted by molar-refractivity contribution is 5.22. The smallest absolute Gasteiger partial charge is 0.253 e. The number of hydrogen-bond acceptors (Lipinski definition) is 3. The van der Waals surface area contributed by atoms with Crippen molar-refractivity contribution in [3.63, 3.8) is 0 Å². The van der Waals surface area contributed by atoms with Gasteiger partial charge >= 0.3 is 0 Å². The molecule has 2 aromatic rings. The number of rotatable bonds is 6. The molecule has 4 nitrogen and oxygen atoms in total. The van der Waals surface area contributed by atoms with Crippen molar-refractivity contribution in [1.82, 2.24) is 4.57 Å². The zero-order chi connectivity index (χ0) is 18.5. The second-order valence-electron chi connectivity index (χ2n) is 7.54. The first-order valence-corrected chi connectivity index (χ1v) is 9.62. The van der Waals surface area contributed by atoms with Crippen LogP contribution < -0.4 is 11.3 Å². The Bertz CT molecular complexity index is 761. The van der Waals surface area contributed by atoms with Crippen LogP contribution in [0.3, 0.4) is 0 Å². The number of nitrogens with two attached hydrogens (primary N) is 1. The summed E-state index contributed by atoms with van der Waals surface area (Å²) >= 11 is 0. The van der Waals surface area contributed by atoms with Gasteiger partial charge in [-0.2, -0.15) is 0 Å². The van der Waals surface area contributed by atoms with Crippen molar-refractivity contribution >= 4 is 0 Å². The Kier molecular flexibility index (Phi) is 6.28. The van der Waals surface area contributed by atoms with Gasteiger partial charge in [-0.3, -0.25) is 4.79 Å². The van der Waals surface area contributed by atoms with Gasteiger partial charge in [0.25, 0.3) is 5.56 Å². The van der Waals surface area contributed by atoms with Gasteiger partial charge in [0, 0.05) is 31.3 Å². The largest absolute Gasteiger partial charge is 0.378 e. The van der Waals surface area contributed by atoms with E-state index < -0.39 is 0 Å². The summed E-state index contributed by atoms with van der Waals surface area (Å²) in [6.45, 7) is 2.95. The van der Waals surface area contributed by atoms with E-state index in [4.69, 9.17) is 10.5 Å². The van der Waals surface area contributed by atoms with Crippen LogP contribution in [0.5, 0.6) is 0 Å². The third-order valence-corrected chi connectivity index (χ3v) is 5.55. The molecular weight excluding hydrogens is 324 g/mol. The molecule has 26 heavy (non-hydrogen) atoms. The molecule has 0 spiro atoms. The topological polar surface area (TPSA) is 57.2 Å². The van der Waals surface area contributed by atoms with Gasteiger partial charge in [0.2, 0.25) is 0 Å². The van der Waals surface area contributed by atoms with E-state index >= 15 is 0 Å². The van der Waals surface area contributed by atoms with Crippen LogP contribution in [0.4, 0.5) is 0 Å². The Labute approximate surface area is 156 Å². The fourth-order valence-electron chi connectivity index (χ4n) is 4.03. The average molecular weight is 354 g/mol. The number of ether oxygens (including phenoxy) is 1. The summed E-state index contributed by atoms with van der Waals surface area (Å²) in [7, 11) is 1.79. The van der Waals surface area contributed by atoms with Crippen molar-refractivity contribution in [3.8, 4) is 0 Å². The molecular formula is C22H30N2O2. The molecule has 1 aromatic carbocycles. The van der Waals surface area contributed by atoms with Gasteiger partial charge in [-0.25, -0.2) is 0 Å². The molecule has 140 valence electrons. The summed E-state index contributed by atoms with van der Waals surface area (Å²) in [6.07, 6.45) is 6.59. The number of aryl methyl sites for hydroxylation is 2. The van der Waals surface area contributed by atoms with E-state index in [0.29, 0.717) is 19.1 Å². The van der Waals surface area contributed by atoms with E-state index in [2.05, 4.69) is 30.3 Å². The van der Waals surface area contributed by atoms with Crippen LogP contribution in [-0.2, 0) is 11.8 Å². The van der Waals surface area contributed by atoms with E-state index in [0.717, 1.165) is 36.8 Å². The summed E-state index contributed by atoms with van der Waals surface area (Å²) in [5.74, 6) is 0.603. The number of aromatic nitrogens is 1. The maximum absolute atomic E-state index is 12.4. The molecule has 2 N–H and O–H groups in total. The molecule has 1 fully saturated rings. The lowest BCUT2D eigenvalue weighted by atomic mass is 9.83. The van der Waals surface area contributed by atoms with Crippen molar-refractivity contribution in [2.45, 2.75) is 50.5 Å². The molecule has 0 amide bonds. The number of benzene rings is 1. The number of nitrogens with zero attached hydrogens (tertiary/aromatic N) is 1. The van der Waals surface area contributed by atoms with Crippen LogP contribution in [0.15, 0.2) is 47.4 Å². The predicted octanol–water partition coefficient (Wildman–Crippen LogP) is 3.48. The van der Waals surface area contributed by atoms with E-state index in [1.807, 2.05) is 19.2 Å². The van der Waals surface area contributed by atoms with E-state index in [9.17, 15) is 4.79 Å². The Balaban J connectivity index is 1.56. The van der Waals surface area contributed by atoms with Gasteiger partial charge in [0.15, 0.2) is 0 Å². The standard InChI is InChI=1S/C22H30N2O2/c1-16-12-21(22(25)24(2)14-16)19(13-23)15-26-20-10-8-18(9-11-20)17-6-4-3-5-7-17/h3-7,12,14,18-20H,8-11,13,15,23H2,1-2H3. The molecule has 3 rings (SSSR count). The lowest BCUT2D eigenvalue weighted by molar-refractivity contribution is 0.0172. The highest BCUT2D eigenvalue weighted by Gasteiger charge is 2.24. The fraction of sp³-hybridized carbons (Fsp3) is 0.500. The van der Waals surface area contributed by atoms with Crippen LogP contribution in [0.1, 0.15) is 54.2 Å². The Morgan fingerprint density at radius 1 is 1.19 bits per heavy atom. The van der Waals surface area contributed by atoms with Crippen LogP contribution in [0, 0.1) is 6.92 Å². The van der Waals surface area contributed by atoms with Crippen LogP contribution >= 0.6 is 0 Å². The first-order valence-electron chi connectivity index (χ1n) is 9.62. The Morgan fingerprint density at radius 2 is 1.88 bits per heavy atom. The van der Waals surface area contributed by atoms with Gasteiger partial charge in [0.1, 0.15) is 0 Å². The van der Waals surface area contributed by atoms with Crippen molar-refractivity contribution in [1.29, 1.82) is 0 Å². The van der Waals surface area contributed by atoms with Crippen molar-refractivity contribution < 1.29 is 4.74 Å². The summed E-state index contributed by atoms with van der Waals surface area (Å²) in [5, 5.41) is 0. The van der Waals surface area contributed by atoms with E-state index in [1.165, 1.54) is 5.56 Å². The van der Waals surface area contributed by atoms with E-state index in [-0.39, 0.29) is 17.6 Å². The van der Waals surface area contributed by atoms with Gasteiger partial charge in [-0.05, 0) is 55.7 Å². The van der Waals surface area contributed by atoms with Gasteiger partial charge in [-0.1, -0.05) is 30.3 Å². The quantitative estimate of drug-likeness (QED) is 0.864. The summed E-state index contributed by atoms with van der Waals surface area (Å²) in [4.78, 5) is 12.4. The highest BCUT2D eigenvalue weighted by atomic mass is 16.5. The molecule has 1 unspecified atom stereocenters. The first-order chi connectivity index (χ1) is 12.6. The minimum Gasteiger partial charge on any atom is -0.378 e. The molecule has 0 saturated heterocycles. The third kappa shape index (κ3) is 4.43. The maximum Gasteiger partial charge on any atom is 0.253 e. The first kappa shape index (κ1) is 18.9. The Hall–Kier alpha value is -1.91. The van der Waals surface area contributed by atoms with Gasteiger partial charge in [0.05, 0.1) is 12.7 Å². The molecule has 1 heterocycles. The highest BCUT2D eigenvalue weighted by Crippen LogP contribution is 2.34. The molecule has 4 heteroatoms. The molecule has 0 radical (unpaired) electrons. The minimum atomic E-state index is -0.0413. The zero-order valence-corrected chi connectivity index (χ0v) is 15.9. The molecule has 1 aliphatic rings. The van der Waals surface area contributed by atoms with Crippen LogP contribution in [-0.4, -0.2) is 23.8 Å². The minimum absolute atomic E-state index is 0.0300. The van der Waals surface area contributed by atoms with E-state index in [1.54, 1.807) is 11.6 Å². The van der Waals surface area contributed by atoms with Crippen molar-refractivity contribution in [3.05, 3.63) is 69.6 Å². The summed E-state index contributed by atoms with van der Waals surface area (Å²) in [6, 6.07) is 12.7. The lowest BCUT2D eigenvalue weighted by Gasteiger charge is -2.30. The fourth-order valence-corrected chi connectivity index (χ4v) is 4.03. The normalized spacial score (nSPS) is 21.5. The van der Waals surface area contributed by atoms with Crippen molar-refractivity contribution in [2.24, 2.45) is 12.8 Å². The second-order valence-corrected chi connectivity index (χ2v) is 7.54. The molecule has 1 atom stereocenters. The maximum atomic E-state index is 12.4. The second kappa shape index (κ2) is 8.65. The summed E-state index contributed by atoms with van der Waals surface area (Å²) in [5.41, 5.74) is 9.27. The van der Waals surface area contributed by atoms with Crippen LogP contribution in [0.25, 0.3) is 0 Å². The van der Waals surface area contributed by atoms with Gasteiger partial charge < -0.3 is 15.0 Å². The number of pyridine rings is 1. The summed E-state index contributed by atoms with van der Waals surface area (Å²) < 4.78 is 7.82. The molecule has 1 aromatic heterocycles. The molecule has 0 aliphatic heterocycles. The SMILES string of the molecule is Cc1cc(C(CN)COC2CCC(c3ccccc3)CC2)c(=O)n(C)c1. The predicted molar refractivity (Wildman–Crippen MR) is 106 cm³/mol. The molecule has 1 aliphatic carbocycles. The zero-order valence-electron chi connectivity index (χ0n) is 15.9. The lowest BCUT2D eigenvalue weighted by Crippen LogP contribution is -2.31. The van der Waals surface area contributed by atoms with Crippen LogP contribution in [0.2, 0.25) is 0 Å². The third-order valence-electron chi connectivity index (χ3n) is 5.55. The molecule has 1 saturated carbocycles. The average Bonchev–Trinajstić information content (AvgIpc) is 2.67. The van der Waals surface area contributed by atoms with Crippen molar-refractivity contribution in [2.75, 3.05) is 13.2 Å². The van der Waals surface area contributed by atoms with Gasteiger partial charge in [-0.15, -0.1) is 0 Å². The monoisotopic (exact) mass is 354 g/mol.